The molecule has 0 atom stereocenters. The molecule has 2 amide bonds. The van der Waals surface area contributed by atoms with Crippen LogP contribution in [-0.2, 0) is 4.79 Å². The predicted molar refractivity (Wildman–Crippen MR) is 89.5 cm³/mol. The minimum absolute atomic E-state index is 0.307. The summed E-state index contributed by atoms with van der Waals surface area (Å²) in [5, 5.41) is 15.9. The smallest absolute Gasteiger partial charge is 0.290 e. The minimum atomic E-state index is -0.392. The second-order valence-corrected chi connectivity index (χ2v) is 6.70. The Bertz CT molecular complexity index is 829. The number of aromatic nitrogens is 6. The molecular weight excluding hydrogens is 344 g/mol. The number of H-pyrrole nitrogens is 1. The highest BCUT2D eigenvalue weighted by Gasteiger charge is 2.26. The summed E-state index contributed by atoms with van der Waals surface area (Å²) in [6.07, 6.45) is 5.06. The van der Waals surface area contributed by atoms with Crippen LogP contribution in [-0.4, -0.2) is 54.8 Å². The summed E-state index contributed by atoms with van der Waals surface area (Å²) >= 11 is 0.874. The molecule has 2 aromatic heterocycles. The molecule has 0 spiro atoms. The zero-order chi connectivity index (χ0) is 17.2. The van der Waals surface area contributed by atoms with Gasteiger partial charge in [-0.05, 0) is 47.2 Å². The quantitative estimate of drug-likeness (QED) is 0.761. The Morgan fingerprint density at radius 3 is 2.80 bits per heavy atom. The van der Waals surface area contributed by atoms with Gasteiger partial charge in [-0.25, -0.2) is 15.1 Å². The number of hydrogen-bond donors (Lipinski definition) is 2. The van der Waals surface area contributed by atoms with Crippen molar-refractivity contribution in [1.29, 1.82) is 0 Å². The van der Waals surface area contributed by atoms with Crippen LogP contribution in [0.4, 0.5) is 10.7 Å². The van der Waals surface area contributed by atoms with Crippen LogP contribution in [0.5, 0.6) is 0 Å². The molecule has 4 rings (SSSR count). The first-order chi connectivity index (χ1) is 12.2. The van der Waals surface area contributed by atoms with Crippen molar-refractivity contribution in [1.82, 2.24) is 35.9 Å². The van der Waals surface area contributed by atoms with Crippen LogP contribution in [0.15, 0.2) is 17.2 Å². The zero-order valence-corrected chi connectivity index (χ0v) is 13.9. The number of imide groups is 1. The third kappa shape index (κ3) is 3.36. The van der Waals surface area contributed by atoms with Crippen molar-refractivity contribution < 1.29 is 9.59 Å². The van der Waals surface area contributed by atoms with Crippen molar-refractivity contribution in [3.63, 3.8) is 0 Å². The van der Waals surface area contributed by atoms with Crippen LogP contribution in [0, 0.1) is 0 Å². The number of tetrazole rings is 1. The summed E-state index contributed by atoms with van der Waals surface area (Å²) in [7, 11) is 0. The van der Waals surface area contributed by atoms with Gasteiger partial charge in [0.05, 0.1) is 10.6 Å². The molecule has 0 aliphatic carbocycles. The van der Waals surface area contributed by atoms with Gasteiger partial charge in [-0.15, -0.1) is 5.10 Å². The number of amides is 2. The van der Waals surface area contributed by atoms with Gasteiger partial charge in [0.25, 0.3) is 11.1 Å². The topological polar surface area (TPSA) is 130 Å². The second kappa shape index (κ2) is 6.59. The Hall–Kier alpha value is -2.82. The average Bonchev–Trinajstić information content (AvgIpc) is 3.26. The standard InChI is InChI=1S/C14H14N8O2S/c23-12-10(25-14(24)17-12)7-9-1-4-15-13(16-9)22-5-2-8(3-6-22)11-18-20-21-19-11/h1,4,7-8H,2-3,5-6H2,(H,17,23,24)(H,18,19,20,21)/b10-7+. The third-order valence-corrected chi connectivity index (χ3v) is 4.92. The molecule has 2 aliphatic heterocycles. The van der Waals surface area contributed by atoms with E-state index in [9.17, 15) is 9.59 Å². The van der Waals surface area contributed by atoms with Gasteiger partial charge in [-0.1, -0.05) is 0 Å². The first-order valence-electron chi connectivity index (χ1n) is 7.75. The molecule has 2 aromatic rings. The number of piperidine rings is 1. The number of rotatable bonds is 3. The van der Waals surface area contributed by atoms with Crippen molar-refractivity contribution in [3.8, 4) is 0 Å². The number of nitrogens with one attached hydrogen (secondary N) is 2. The van der Waals surface area contributed by atoms with Gasteiger partial charge in [0, 0.05) is 25.2 Å². The SMILES string of the molecule is O=C1NC(=O)/C(=C\c2ccnc(N3CCC(c4nnn[nH]4)CC3)n2)S1. The van der Waals surface area contributed by atoms with E-state index in [-0.39, 0.29) is 5.24 Å². The zero-order valence-electron chi connectivity index (χ0n) is 13.0. The molecule has 2 fully saturated rings. The minimum Gasteiger partial charge on any atom is -0.341 e. The summed E-state index contributed by atoms with van der Waals surface area (Å²) in [5.74, 6) is 1.34. The van der Waals surface area contributed by atoms with Crippen LogP contribution in [0.25, 0.3) is 6.08 Å². The van der Waals surface area contributed by atoms with E-state index in [1.807, 2.05) is 0 Å². The molecule has 2 N–H and O–H groups in total. The largest absolute Gasteiger partial charge is 0.341 e. The summed E-state index contributed by atoms with van der Waals surface area (Å²) in [5.41, 5.74) is 0.596. The Kier molecular flexibility index (Phi) is 4.14. The molecule has 10 nitrogen and oxygen atoms in total. The lowest BCUT2D eigenvalue weighted by Gasteiger charge is -2.30. The fourth-order valence-electron chi connectivity index (χ4n) is 2.84. The van der Waals surface area contributed by atoms with E-state index in [2.05, 4.69) is 40.8 Å². The van der Waals surface area contributed by atoms with Gasteiger partial charge in [0.15, 0.2) is 5.82 Å². The van der Waals surface area contributed by atoms with Gasteiger partial charge < -0.3 is 4.90 Å². The summed E-state index contributed by atoms with van der Waals surface area (Å²) in [6, 6.07) is 1.71. The Labute approximate surface area is 146 Å². The molecule has 11 heteroatoms. The molecule has 0 saturated carbocycles. The lowest BCUT2D eigenvalue weighted by atomic mass is 9.96. The first-order valence-corrected chi connectivity index (χ1v) is 8.57. The molecule has 2 saturated heterocycles. The molecule has 128 valence electrons. The maximum Gasteiger partial charge on any atom is 0.290 e. The van der Waals surface area contributed by atoms with Gasteiger partial charge in [-0.2, -0.15) is 0 Å². The number of hydrogen-bond acceptors (Lipinski definition) is 9. The van der Waals surface area contributed by atoms with Crippen molar-refractivity contribution in [3.05, 3.63) is 28.7 Å². The highest BCUT2D eigenvalue weighted by atomic mass is 32.2. The van der Waals surface area contributed by atoms with E-state index in [1.165, 1.54) is 0 Å². The lowest BCUT2D eigenvalue weighted by Crippen LogP contribution is -2.34. The molecule has 0 bridgehead atoms. The van der Waals surface area contributed by atoms with Crippen molar-refractivity contribution >= 4 is 34.9 Å². The lowest BCUT2D eigenvalue weighted by molar-refractivity contribution is -0.115. The van der Waals surface area contributed by atoms with Gasteiger partial charge >= 0.3 is 0 Å². The van der Waals surface area contributed by atoms with E-state index < -0.39 is 5.91 Å². The van der Waals surface area contributed by atoms with E-state index in [4.69, 9.17) is 0 Å². The number of nitrogens with zero attached hydrogens (tertiary/aromatic N) is 6. The number of carbonyl (C=O) groups is 2. The molecular formula is C14H14N8O2S. The maximum atomic E-state index is 11.6. The van der Waals surface area contributed by atoms with Gasteiger partial charge in [0.1, 0.15) is 0 Å². The molecule has 0 unspecified atom stereocenters. The summed E-state index contributed by atoms with van der Waals surface area (Å²) < 4.78 is 0. The van der Waals surface area contributed by atoms with Crippen LogP contribution in [0.1, 0.15) is 30.3 Å². The Balaban J connectivity index is 1.46. The number of anilines is 1. The predicted octanol–water partition coefficient (Wildman–Crippen LogP) is 0.698. The molecule has 25 heavy (non-hydrogen) atoms. The van der Waals surface area contributed by atoms with E-state index in [1.54, 1.807) is 18.3 Å². The number of aromatic amines is 1. The van der Waals surface area contributed by atoms with Crippen molar-refractivity contribution in [2.45, 2.75) is 18.8 Å². The number of thioether (sulfide) groups is 1. The van der Waals surface area contributed by atoms with Crippen molar-refractivity contribution in [2.24, 2.45) is 0 Å². The molecule has 2 aliphatic rings. The normalized spacial score (nSPS) is 20.3. The monoisotopic (exact) mass is 358 g/mol. The molecule has 4 heterocycles. The van der Waals surface area contributed by atoms with E-state index in [0.717, 1.165) is 43.5 Å². The average molecular weight is 358 g/mol. The Morgan fingerprint density at radius 1 is 1.28 bits per heavy atom. The Morgan fingerprint density at radius 2 is 2.12 bits per heavy atom. The van der Waals surface area contributed by atoms with Crippen LogP contribution < -0.4 is 10.2 Å². The number of carbonyl (C=O) groups excluding carboxylic acids is 2. The maximum absolute atomic E-state index is 11.6. The van der Waals surface area contributed by atoms with Crippen LogP contribution in [0.2, 0.25) is 0 Å². The van der Waals surface area contributed by atoms with Crippen LogP contribution in [0.3, 0.4) is 0 Å². The van der Waals surface area contributed by atoms with Crippen molar-refractivity contribution in [2.75, 3.05) is 18.0 Å². The van der Waals surface area contributed by atoms with E-state index in [0.29, 0.717) is 22.5 Å². The second-order valence-electron chi connectivity index (χ2n) is 5.68. The molecule has 0 aromatic carbocycles. The third-order valence-electron chi connectivity index (χ3n) is 4.11. The highest BCUT2D eigenvalue weighted by molar-refractivity contribution is 8.18. The highest BCUT2D eigenvalue weighted by Crippen LogP contribution is 2.28. The summed E-state index contributed by atoms with van der Waals surface area (Å²) in [6.45, 7) is 1.58. The molecule has 0 radical (unpaired) electrons. The first kappa shape index (κ1) is 15.7. The van der Waals surface area contributed by atoms with E-state index >= 15 is 0 Å². The van der Waals surface area contributed by atoms with Crippen LogP contribution >= 0.6 is 11.8 Å². The summed E-state index contributed by atoms with van der Waals surface area (Å²) in [4.78, 5) is 34.1. The van der Waals surface area contributed by atoms with Gasteiger partial charge in [0.2, 0.25) is 5.95 Å². The fraction of sp³-hybridized carbons (Fsp3) is 0.357. The van der Waals surface area contributed by atoms with Gasteiger partial charge in [-0.3, -0.25) is 14.9 Å². The fourth-order valence-corrected chi connectivity index (χ4v) is 3.51.